The molecule has 0 aliphatic rings. The zero-order chi connectivity index (χ0) is 25.7. The fourth-order valence-corrected chi connectivity index (χ4v) is 4.03. The number of phenolic OH excluding ortho intramolecular Hbond substituents is 2. The molecule has 0 unspecified atom stereocenters. The van der Waals surface area contributed by atoms with E-state index in [1.807, 2.05) is 74.5 Å². The van der Waals surface area contributed by atoms with Crippen LogP contribution in [-0.2, 0) is 6.54 Å². The molecule has 0 bridgehead atoms. The van der Waals surface area contributed by atoms with Crippen molar-refractivity contribution in [3.8, 4) is 28.5 Å². The second kappa shape index (κ2) is 10.9. The Bertz CT molecular complexity index is 1330. The number of benzene rings is 3. The monoisotopic (exact) mass is 486 g/mol. The lowest BCUT2D eigenvalue weighted by molar-refractivity contribution is 0.0771. The Morgan fingerprint density at radius 1 is 1.00 bits per heavy atom. The quantitative estimate of drug-likeness (QED) is 0.299. The number of aromatic nitrogens is 2. The molecular weight excluding hydrogens is 456 g/mol. The number of phenols is 2. The standard InChI is InChI=1S/C28H30N4O4/c1-4-31(5-2)28(35)27-24(15-21(33)16-25(27)34)29-26-17-23(20-9-7-6-8-10-20)30-32(26)18-19-11-13-22(36-3)14-12-19/h6-17,29,33-34H,4-5,18H2,1-3H3. The van der Waals surface area contributed by atoms with Gasteiger partial charge in [0.1, 0.15) is 28.6 Å². The highest BCUT2D eigenvalue weighted by Gasteiger charge is 2.23. The van der Waals surface area contributed by atoms with Gasteiger partial charge in [-0.2, -0.15) is 5.10 Å². The number of methoxy groups -OCH3 is 1. The summed E-state index contributed by atoms with van der Waals surface area (Å²) < 4.78 is 7.05. The second-order valence-electron chi connectivity index (χ2n) is 8.28. The topological polar surface area (TPSA) is 99.9 Å². The van der Waals surface area contributed by atoms with Crippen LogP contribution in [-0.4, -0.2) is 51.0 Å². The lowest BCUT2D eigenvalue weighted by Crippen LogP contribution is -2.31. The van der Waals surface area contributed by atoms with Gasteiger partial charge in [0, 0.05) is 36.9 Å². The number of nitrogens with zero attached hydrogens (tertiary/aromatic N) is 3. The maximum Gasteiger partial charge on any atom is 0.259 e. The first kappa shape index (κ1) is 24.7. The molecule has 1 heterocycles. The zero-order valence-corrected chi connectivity index (χ0v) is 20.6. The maximum absolute atomic E-state index is 13.2. The molecule has 4 rings (SSSR count). The summed E-state index contributed by atoms with van der Waals surface area (Å²) in [5.41, 5.74) is 3.06. The molecule has 0 spiro atoms. The van der Waals surface area contributed by atoms with Gasteiger partial charge < -0.3 is 25.2 Å². The average Bonchev–Trinajstić information content (AvgIpc) is 3.27. The SMILES string of the molecule is CCN(CC)C(=O)c1c(O)cc(O)cc1Nc1cc(-c2ccccc2)nn1Cc1ccc(OC)cc1. The predicted molar refractivity (Wildman–Crippen MR) is 140 cm³/mol. The van der Waals surface area contributed by atoms with Crippen LogP contribution in [0.5, 0.6) is 17.2 Å². The molecule has 186 valence electrons. The molecule has 0 aliphatic carbocycles. The van der Waals surface area contributed by atoms with Crippen LogP contribution in [0.15, 0.2) is 72.8 Å². The third kappa shape index (κ3) is 5.27. The van der Waals surface area contributed by atoms with Gasteiger partial charge in [0.05, 0.1) is 25.0 Å². The summed E-state index contributed by atoms with van der Waals surface area (Å²) in [6.07, 6.45) is 0. The van der Waals surface area contributed by atoms with Gasteiger partial charge in [0.15, 0.2) is 0 Å². The van der Waals surface area contributed by atoms with Gasteiger partial charge in [-0.15, -0.1) is 0 Å². The van der Waals surface area contributed by atoms with Crippen LogP contribution in [0.25, 0.3) is 11.3 Å². The number of nitrogens with one attached hydrogen (secondary N) is 1. The van der Waals surface area contributed by atoms with Crippen LogP contribution >= 0.6 is 0 Å². The van der Waals surface area contributed by atoms with E-state index in [2.05, 4.69) is 5.32 Å². The average molecular weight is 487 g/mol. The maximum atomic E-state index is 13.2. The largest absolute Gasteiger partial charge is 0.508 e. The minimum atomic E-state index is -0.329. The van der Waals surface area contributed by atoms with Crippen molar-refractivity contribution in [2.24, 2.45) is 0 Å². The first-order valence-corrected chi connectivity index (χ1v) is 11.8. The number of rotatable bonds is 9. The molecule has 4 aromatic rings. The minimum absolute atomic E-state index is 0.0926. The molecule has 3 aromatic carbocycles. The van der Waals surface area contributed by atoms with Crippen molar-refractivity contribution < 1.29 is 19.7 Å². The molecule has 0 fully saturated rings. The predicted octanol–water partition coefficient (Wildman–Crippen LogP) is 5.24. The number of ether oxygens (including phenoxy) is 1. The molecule has 8 heteroatoms. The Labute approximate surface area is 210 Å². The van der Waals surface area contributed by atoms with Crippen molar-refractivity contribution in [2.45, 2.75) is 20.4 Å². The highest BCUT2D eigenvalue weighted by molar-refractivity contribution is 6.03. The van der Waals surface area contributed by atoms with E-state index < -0.39 is 0 Å². The summed E-state index contributed by atoms with van der Waals surface area (Å²) >= 11 is 0. The van der Waals surface area contributed by atoms with Gasteiger partial charge in [-0.05, 0) is 31.5 Å². The smallest absolute Gasteiger partial charge is 0.259 e. The van der Waals surface area contributed by atoms with Crippen LogP contribution in [0.1, 0.15) is 29.8 Å². The molecule has 8 nitrogen and oxygen atoms in total. The van der Waals surface area contributed by atoms with E-state index in [0.717, 1.165) is 22.6 Å². The van der Waals surface area contributed by atoms with Gasteiger partial charge in [-0.25, -0.2) is 4.68 Å². The van der Waals surface area contributed by atoms with Crippen molar-refractivity contribution in [2.75, 3.05) is 25.5 Å². The van der Waals surface area contributed by atoms with E-state index in [0.29, 0.717) is 31.1 Å². The number of hydrogen-bond donors (Lipinski definition) is 3. The molecule has 0 atom stereocenters. The van der Waals surface area contributed by atoms with Crippen LogP contribution in [0.2, 0.25) is 0 Å². The number of aromatic hydroxyl groups is 2. The van der Waals surface area contributed by atoms with E-state index >= 15 is 0 Å². The summed E-state index contributed by atoms with van der Waals surface area (Å²) in [6.45, 7) is 5.18. The Balaban J connectivity index is 1.77. The molecule has 0 saturated carbocycles. The molecule has 0 saturated heterocycles. The molecule has 0 aliphatic heterocycles. The highest BCUT2D eigenvalue weighted by Crippen LogP contribution is 2.35. The first-order chi connectivity index (χ1) is 17.4. The van der Waals surface area contributed by atoms with Gasteiger partial charge >= 0.3 is 0 Å². The summed E-state index contributed by atoms with van der Waals surface area (Å²) in [4.78, 5) is 14.8. The third-order valence-electron chi connectivity index (χ3n) is 5.97. The van der Waals surface area contributed by atoms with Crippen molar-refractivity contribution in [3.05, 3.63) is 83.9 Å². The van der Waals surface area contributed by atoms with Gasteiger partial charge in [0.25, 0.3) is 5.91 Å². The summed E-state index contributed by atoms with van der Waals surface area (Å²) in [5, 5.41) is 28.9. The number of anilines is 2. The third-order valence-corrected chi connectivity index (χ3v) is 5.97. The van der Waals surface area contributed by atoms with Crippen molar-refractivity contribution in [1.29, 1.82) is 0 Å². The summed E-state index contributed by atoms with van der Waals surface area (Å²) in [6, 6.07) is 22.0. The fraction of sp³-hybridized carbons (Fsp3) is 0.214. The van der Waals surface area contributed by atoms with Crippen molar-refractivity contribution in [1.82, 2.24) is 14.7 Å². The van der Waals surface area contributed by atoms with E-state index in [9.17, 15) is 15.0 Å². The van der Waals surface area contributed by atoms with E-state index in [1.54, 1.807) is 16.7 Å². The van der Waals surface area contributed by atoms with E-state index in [4.69, 9.17) is 9.84 Å². The normalized spacial score (nSPS) is 10.8. The van der Waals surface area contributed by atoms with Crippen LogP contribution in [0, 0.1) is 0 Å². The van der Waals surface area contributed by atoms with E-state index in [-0.39, 0.29) is 23.0 Å². The lowest BCUT2D eigenvalue weighted by atomic mass is 10.1. The minimum Gasteiger partial charge on any atom is -0.508 e. The van der Waals surface area contributed by atoms with Crippen molar-refractivity contribution in [3.63, 3.8) is 0 Å². The highest BCUT2D eigenvalue weighted by atomic mass is 16.5. The Morgan fingerprint density at radius 3 is 2.33 bits per heavy atom. The summed E-state index contributed by atoms with van der Waals surface area (Å²) in [5.74, 6) is 0.583. The van der Waals surface area contributed by atoms with Crippen LogP contribution < -0.4 is 10.1 Å². The molecule has 1 aromatic heterocycles. The molecule has 3 N–H and O–H groups in total. The van der Waals surface area contributed by atoms with Crippen LogP contribution in [0.3, 0.4) is 0 Å². The Kier molecular flexibility index (Phi) is 7.44. The fourth-order valence-electron chi connectivity index (χ4n) is 4.03. The van der Waals surface area contributed by atoms with Crippen molar-refractivity contribution >= 4 is 17.4 Å². The molecule has 0 radical (unpaired) electrons. The lowest BCUT2D eigenvalue weighted by Gasteiger charge is -2.22. The summed E-state index contributed by atoms with van der Waals surface area (Å²) in [7, 11) is 1.62. The van der Waals surface area contributed by atoms with Gasteiger partial charge in [-0.3, -0.25) is 4.79 Å². The van der Waals surface area contributed by atoms with E-state index in [1.165, 1.54) is 12.1 Å². The number of carbonyl (C=O) groups excluding carboxylic acids is 1. The Hall–Kier alpha value is -4.46. The second-order valence-corrected chi connectivity index (χ2v) is 8.28. The van der Waals surface area contributed by atoms with Gasteiger partial charge in [0.2, 0.25) is 0 Å². The molecule has 1 amide bonds. The van der Waals surface area contributed by atoms with Crippen LogP contribution in [0.4, 0.5) is 11.5 Å². The zero-order valence-electron chi connectivity index (χ0n) is 20.6. The number of carbonyl (C=O) groups is 1. The molecular formula is C28H30N4O4. The number of hydrogen-bond acceptors (Lipinski definition) is 6. The van der Waals surface area contributed by atoms with Gasteiger partial charge in [-0.1, -0.05) is 42.5 Å². The first-order valence-electron chi connectivity index (χ1n) is 11.8. The Morgan fingerprint density at radius 2 is 1.69 bits per heavy atom. The number of amides is 1. The molecule has 36 heavy (non-hydrogen) atoms.